The molecule has 2 N–H and O–H groups in total. The van der Waals surface area contributed by atoms with Crippen molar-refractivity contribution in [2.24, 2.45) is 4.99 Å². The minimum Gasteiger partial charge on any atom is -0.456 e. The first kappa shape index (κ1) is 32.5. The molecule has 2 aliphatic heterocycles. The largest absolute Gasteiger partial charge is 0.456 e. The lowest BCUT2D eigenvalue weighted by molar-refractivity contribution is 0.409. The number of anilines is 2. The van der Waals surface area contributed by atoms with Crippen LogP contribution in [0, 0.1) is 0 Å². The second-order valence-corrected chi connectivity index (χ2v) is 16.2. The summed E-state index contributed by atoms with van der Waals surface area (Å²) in [6.07, 6.45) is 8.68. The van der Waals surface area contributed by atoms with E-state index in [0.29, 0.717) is 5.92 Å². The van der Waals surface area contributed by atoms with Crippen molar-refractivity contribution in [1.29, 1.82) is 0 Å². The van der Waals surface area contributed by atoms with Gasteiger partial charge < -0.3 is 14.6 Å². The molecule has 57 heavy (non-hydrogen) atoms. The van der Waals surface area contributed by atoms with Crippen LogP contribution in [-0.2, 0) is 0 Å². The molecule has 12 rings (SSSR count). The molecule has 9 aromatic rings. The third-order valence-electron chi connectivity index (χ3n) is 11.9. The Labute approximate surface area is 333 Å². The first-order valence-corrected chi connectivity index (χ1v) is 20.4. The molecule has 2 aromatic heterocycles. The summed E-state index contributed by atoms with van der Waals surface area (Å²) in [7, 11) is 0. The number of nitrogens with one attached hydrogen (secondary N) is 2. The lowest BCUT2D eigenvalue weighted by Gasteiger charge is -2.32. The summed E-state index contributed by atoms with van der Waals surface area (Å²) in [5, 5.41) is 12.2. The van der Waals surface area contributed by atoms with Crippen LogP contribution in [0.15, 0.2) is 191 Å². The van der Waals surface area contributed by atoms with Crippen LogP contribution in [0.1, 0.15) is 40.5 Å². The normalized spacial score (nSPS) is 19.9. The number of aliphatic imine (C=N–C) groups is 1. The fourth-order valence-electron chi connectivity index (χ4n) is 9.27. The average Bonchev–Trinajstić information content (AvgIpc) is 3.96. The number of furan rings is 1. The van der Waals surface area contributed by atoms with Crippen molar-refractivity contribution in [3.63, 3.8) is 0 Å². The fraction of sp³-hybridized carbons (Fsp3) is 0.0784. The van der Waals surface area contributed by atoms with E-state index in [9.17, 15) is 0 Å². The molecule has 0 amide bonds. The van der Waals surface area contributed by atoms with E-state index in [1.165, 1.54) is 48.2 Å². The summed E-state index contributed by atoms with van der Waals surface area (Å²) in [4.78, 5) is 7.71. The van der Waals surface area contributed by atoms with Crippen molar-refractivity contribution in [3.05, 3.63) is 204 Å². The van der Waals surface area contributed by atoms with Gasteiger partial charge in [-0.25, -0.2) is 4.99 Å². The lowest BCUT2D eigenvalue weighted by atomic mass is 9.91. The van der Waals surface area contributed by atoms with Gasteiger partial charge in [0.2, 0.25) is 0 Å². The van der Waals surface area contributed by atoms with Gasteiger partial charge in [-0.1, -0.05) is 146 Å². The van der Waals surface area contributed by atoms with Gasteiger partial charge in [-0.05, 0) is 58.7 Å². The smallest absolute Gasteiger partial charge is 0.136 e. The number of hydrogen-bond donors (Lipinski definition) is 2. The summed E-state index contributed by atoms with van der Waals surface area (Å²) in [5.41, 5.74) is 11.3. The van der Waals surface area contributed by atoms with Gasteiger partial charge in [-0.3, -0.25) is 5.32 Å². The minimum absolute atomic E-state index is 0.107. The zero-order chi connectivity index (χ0) is 37.5. The fourth-order valence-corrected chi connectivity index (χ4v) is 10.5. The maximum Gasteiger partial charge on any atom is 0.136 e. The Morgan fingerprint density at radius 3 is 2.33 bits per heavy atom. The Kier molecular flexibility index (Phi) is 7.37. The second-order valence-electron chi connectivity index (χ2n) is 15.1. The Balaban J connectivity index is 0.950. The summed E-state index contributed by atoms with van der Waals surface area (Å²) in [5.74, 6) is 1.22. The van der Waals surface area contributed by atoms with Crippen LogP contribution in [0.2, 0.25) is 0 Å². The monoisotopic (exact) mass is 752 g/mol. The van der Waals surface area contributed by atoms with E-state index in [2.05, 4.69) is 185 Å². The molecule has 0 spiro atoms. The van der Waals surface area contributed by atoms with Crippen LogP contribution in [0.4, 0.5) is 11.4 Å². The quantitative estimate of drug-likeness (QED) is 0.184. The van der Waals surface area contributed by atoms with Crippen LogP contribution in [0.3, 0.4) is 0 Å². The molecular formula is C51H36N4OS. The molecule has 4 unspecified atom stereocenters. The number of thiophene rings is 1. The van der Waals surface area contributed by atoms with Crippen molar-refractivity contribution in [2.45, 2.75) is 24.3 Å². The Bertz CT molecular complexity index is 3120. The average molecular weight is 753 g/mol. The van der Waals surface area contributed by atoms with Crippen LogP contribution >= 0.6 is 11.3 Å². The van der Waals surface area contributed by atoms with E-state index in [1.54, 1.807) is 0 Å². The molecule has 5 nitrogen and oxygen atoms in total. The van der Waals surface area contributed by atoms with Crippen LogP contribution in [0.25, 0.3) is 53.2 Å². The van der Waals surface area contributed by atoms with Gasteiger partial charge in [0.05, 0.1) is 6.04 Å². The molecule has 7 aromatic carbocycles. The summed E-state index contributed by atoms with van der Waals surface area (Å²) < 4.78 is 9.26. The molecule has 4 heterocycles. The molecule has 0 saturated heterocycles. The van der Waals surface area contributed by atoms with Crippen LogP contribution in [-0.4, -0.2) is 11.9 Å². The van der Waals surface area contributed by atoms with Gasteiger partial charge in [0.25, 0.3) is 0 Å². The SMILES string of the molecule is C1=CC2c3ccccc3N(c3ccc4sc5c(-c6cccc7oc8cc(C9N=C(c%10ccccc%10)NC(c%10ccccc%10)N9)ccc8c67)cccc5c4c3)C2C=C1. The summed E-state index contributed by atoms with van der Waals surface area (Å²) >= 11 is 1.87. The number of benzene rings is 7. The predicted molar refractivity (Wildman–Crippen MR) is 237 cm³/mol. The van der Waals surface area contributed by atoms with Gasteiger partial charge >= 0.3 is 0 Å². The van der Waals surface area contributed by atoms with Gasteiger partial charge in [-0.15, -0.1) is 11.3 Å². The standard InChI is InChI=1S/C51H36N4OS/c1-3-13-31(14-4-1)49-52-50(32-15-5-2-6-16-32)54-51(53-49)33-25-27-40-45(29-33)56-44-24-12-19-37(47(40)44)38-20-11-21-39-41-30-34(26-28-46(41)57-48(38)39)55-42-22-9-7-17-35(42)36-18-8-10-23-43(36)55/h1-30,35,42,49,51,53H,(H,52,54). The Morgan fingerprint density at radius 1 is 0.614 bits per heavy atom. The Morgan fingerprint density at radius 2 is 1.42 bits per heavy atom. The number of fused-ring (bicyclic) bond motifs is 9. The number of hydrogen-bond acceptors (Lipinski definition) is 6. The van der Waals surface area contributed by atoms with E-state index in [-0.39, 0.29) is 18.4 Å². The number of rotatable bonds is 5. The zero-order valence-corrected chi connectivity index (χ0v) is 31.7. The zero-order valence-electron chi connectivity index (χ0n) is 30.8. The Hall–Kier alpha value is -6.73. The molecule has 0 bridgehead atoms. The number of allylic oxidation sites excluding steroid dienone is 2. The number of para-hydroxylation sites is 1. The maximum atomic E-state index is 6.68. The number of amidine groups is 1. The van der Waals surface area contributed by atoms with E-state index >= 15 is 0 Å². The first-order chi connectivity index (χ1) is 28.2. The van der Waals surface area contributed by atoms with Crippen molar-refractivity contribution < 1.29 is 4.42 Å². The highest BCUT2D eigenvalue weighted by atomic mass is 32.1. The molecule has 6 heteroatoms. The van der Waals surface area contributed by atoms with Crippen molar-refractivity contribution in [1.82, 2.24) is 10.6 Å². The van der Waals surface area contributed by atoms with Gasteiger partial charge in [0.15, 0.2) is 0 Å². The topological polar surface area (TPSA) is 52.8 Å². The van der Waals surface area contributed by atoms with Gasteiger partial charge in [0, 0.05) is 59.4 Å². The van der Waals surface area contributed by atoms with Crippen LogP contribution in [0.5, 0.6) is 0 Å². The van der Waals surface area contributed by atoms with Gasteiger partial charge in [0.1, 0.15) is 29.3 Å². The highest BCUT2D eigenvalue weighted by Crippen LogP contribution is 2.50. The van der Waals surface area contributed by atoms with Crippen molar-refractivity contribution >= 4 is 70.7 Å². The third kappa shape index (κ3) is 5.22. The molecule has 0 radical (unpaired) electrons. The van der Waals surface area contributed by atoms with Gasteiger partial charge in [-0.2, -0.15) is 0 Å². The predicted octanol–water partition coefficient (Wildman–Crippen LogP) is 12.7. The minimum atomic E-state index is -0.272. The number of nitrogens with zero attached hydrogens (tertiary/aromatic N) is 2. The second kappa shape index (κ2) is 12.9. The van der Waals surface area contributed by atoms with Crippen LogP contribution < -0.4 is 15.5 Å². The molecule has 272 valence electrons. The third-order valence-corrected chi connectivity index (χ3v) is 13.1. The first-order valence-electron chi connectivity index (χ1n) is 19.6. The molecule has 0 fully saturated rings. The van der Waals surface area contributed by atoms with E-state index in [4.69, 9.17) is 9.41 Å². The van der Waals surface area contributed by atoms with E-state index in [1.807, 2.05) is 23.5 Å². The highest BCUT2D eigenvalue weighted by Gasteiger charge is 2.37. The van der Waals surface area contributed by atoms with E-state index in [0.717, 1.165) is 44.5 Å². The molecule has 0 saturated carbocycles. The molecular weight excluding hydrogens is 717 g/mol. The van der Waals surface area contributed by atoms with Crippen molar-refractivity contribution in [3.8, 4) is 11.1 Å². The van der Waals surface area contributed by atoms with Crippen molar-refractivity contribution in [2.75, 3.05) is 4.90 Å². The molecule has 1 aliphatic carbocycles. The maximum absolute atomic E-state index is 6.68. The summed E-state index contributed by atoms with van der Waals surface area (Å²) in [6, 6.07) is 56.8. The molecule has 3 aliphatic rings. The highest BCUT2D eigenvalue weighted by molar-refractivity contribution is 7.26. The molecule has 4 atom stereocenters. The lowest BCUT2D eigenvalue weighted by Crippen LogP contribution is -2.44. The summed E-state index contributed by atoms with van der Waals surface area (Å²) in [6.45, 7) is 0. The van der Waals surface area contributed by atoms with E-state index < -0.39 is 0 Å².